The Bertz CT molecular complexity index is 1260. The topological polar surface area (TPSA) is 107 Å². The Morgan fingerprint density at radius 2 is 0.674 bits per heavy atom. The number of benzene rings is 3. The molecule has 0 heterocycles. The first-order valence-electron chi connectivity index (χ1n) is 14.0. The van der Waals surface area contributed by atoms with Crippen LogP contribution in [-0.4, -0.2) is 38.3 Å². The molecule has 0 atom stereocenters. The molecule has 0 spiro atoms. The molecule has 3 aromatic rings. The average molecular weight is 612 g/mol. The summed E-state index contributed by atoms with van der Waals surface area (Å²) >= 11 is 0. The fraction of sp³-hybridized carbons (Fsp3) is 0.364. The monoisotopic (exact) mass is 611 g/mol. The van der Waals surface area contributed by atoms with Crippen LogP contribution in [0.4, 0.5) is 14.4 Å². The molecule has 0 N–H and O–H groups in total. The Kier molecular flexibility index (Phi) is 11.5. The summed E-state index contributed by atoms with van der Waals surface area (Å²) in [5.41, 5.74) is 4.62. The van der Waals surface area contributed by atoms with Crippen molar-refractivity contribution in [1.82, 2.24) is 0 Å². The second-order valence-corrected chi connectivity index (χ2v) is 11.8. The minimum atomic E-state index is -0.757. The van der Waals surface area contributed by atoms with Crippen molar-refractivity contribution >= 4 is 29.4 Å². The number of carbonyl (C=O) groups is 3. The van der Waals surface area contributed by atoms with Gasteiger partial charge < -0.3 is 28.4 Å². The van der Waals surface area contributed by atoms with Crippen LogP contribution in [0.1, 0.15) is 54.2 Å². The van der Waals surface area contributed by atoms with E-state index in [4.69, 9.17) is 28.4 Å². The van der Waals surface area contributed by atoms with Gasteiger partial charge in [-0.1, -0.05) is 0 Å². The van der Waals surface area contributed by atoms with Crippen LogP contribution in [0.2, 0.25) is 0 Å². The second-order valence-electron chi connectivity index (χ2n) is 9.82. The molecule has 3 aromatic carbocycles. The van der Waals surface area contributed by atoms with Crippen molar-refractivity contribution in [1.29, 1.82) is 0 Å². The molecular formula is C33H39O9S+. The van der Waals surface area contributed by atoms with Gasteiger partial charge in [-0.25, -0.2) is 14.4 Å². The molecule has 9 nitrogen and oxygen atoms in total. The number of hydrogen-bond acceptors (Lipinski definition) is 9. The first-order chi connectivity index (χ1) is 20.4. The maximum atomic E-state index is 12.1. The minimum absolute atomic E-state index is 0.210. The van der Waals surface area contributed by atoms with Crippen LogP contribution in [0.25, 0.3) is 0 Å². The van der Waals surface area contributed by atoms with Crippen molar-refractivity contribution in [2.45, 2.75) is 77.0 Å². The Balaban J connectivity index is 2.19. The van der Waals surface area contributed by atoms with Gasteiger partial charge in [0.05, 0.1) is 30.7 Å². The van der Waals surface area contributed by atoms with Crippen LogP contribution in [0, 0.1) is 41.5 Å². The van der Waals surface area contributed by atoms with Gasteiger partial charge in [-0.05, 0) is 95.7 Å². The van der Waals surface area contributed by atoms with Crippen molar-refractivity contribution in [2.24, 2.45) is 0 Å². The summed E-state index contributed by atoms with van der Waals surface area (Å²) < 4.78 is 31.5. The lowest BCUT2D eigenvalue weighted by Gasteiger charge is -2.17. The molecule has 43 heavy (non-hydrogen) atoms. The second kappa shape index (κ2) is 14.8. The van der Waals surface area contributed by atoms with E-state index in [9.17, 15) is 14.4 Å². The summed E-state index contributed by atoms with van der Waals surface area (Å²) in [5.74, 6) is 1.34. The van der Waals surface area contributed by atoms with E-state index in [1.807, 2.05) is 77.9 Å². The van der Waals surface area contributed by atoms with Gasteiger partial charge in [0.25, 0.3) is 0 Å². The van der Waals surface area contributed by atoms with E-state index in [-0.39, 0.29) is 19.8 Å². The summed E-state index contributed by atoms with van der Waals surface area (Å²) in [7, 11) is -0.665. The highest BCUT2D eigenvalue weighted by Gasteiger charge is 2.33. The average Bonchev–Trinajstić information content (AvgIpc) is 2.91. The highest BCUT2D eigenvalue weighted by molar-refractivity contribution is 7.97. The Morgan fingerprint density at radius 1 is 0.465 bits per heavy atom. The van der Waals surface area contributed by atoms with Crippen molar-refractivity contribution in [3.63, 3.8) is 0 Å². The maximum Gasteiger partial charge on any atom is 0.513 e. The molecule has 0 amide bonds. The lowest BCUT2D eigenvalue weighted by Crippen LogP contribution is -2.14. The Morgan fingerprint density at radius 3 is 0.860 bits per heavy atom. The zero-order valence-electron chi connectivity index (χ0n) is 26.2. The van der Waals surface area contributed by atoms with E-state index < -0.39 is 29.4 Å². The summed E-state index contributed by atoms with van der Waals surface area (Å²) in [6.07, 6.45) is -2.27. The van der Waals surface area contributed by atoms with Crippen molar-refractivity contribution in [3.8, 4) is 17.2 Å². The molecule has 0 aromatic heterocycles. The quantitative estimate of drug-likeness (QED) is 0.102. The normalized spacial score (nSPS) is 10.7. The van der Waals surface area contributed by atoms with Crippen molar-refractivity contribution in [2.75, 3.05) is 19.8 Å². The zero-order chi connectivity index (χ0) is 31.8. The summed E-state index contributed by atoms with van der Waals surface area (Å²) in [6.45, 7) is 17.1. The molecule has 0 fully saturated rings. The van der Waals surface area contributed by atoms with Crippen LogP contribution >= 0.6 is 0 Å². The van der Waals surface area contributed by atoms with Gasteiger partial charge in [-0.15, -0.1) is 0 Å². The first-order valence-corrected chi connectivity index (χ1v) is 15.2. The molecule has 0 unspecified atom stereocenters. The molecule has 0 saturated heterocycles. The Labute approximate surface area is 255 Å². The van der Waals surface area contributed by atoms with Crippen LogP contribution in [0.5, 0.6) is 17.2 Å². The van der Waals surface area contributed by atoms with E-state index in [0.717, 1.165) is 48.1 Å². The third-order valence-corrected chi connectivity index (χ3v) is 8.47. The number of ether oxygens (including phenoxy) is 6. The van der Waals surface area contributed by atoms with Gasteiger partial charge in [-0.3, -0.25) is 0 Å². The maximum absolute atomic E-state index is 12.1. The van der Waals surface area contributed by atoms with Gasteiger partial charge in [0.2, 0.25) is 0 Å². The molecule has 230 valence electrons. The third kappa shape index (κ3) is 8.22. The van der Waals surface area contributed by atoms with E-state index in [1.165, 1.54) is 0 Å². The molecule has 0 saturated carbocycles. The molecule has 0 aliphatic rings. The number of rotatable bonds is 9. The number of aryl methyl sites for hydroxylation is 6. The van der Waals surface area contributed by atoms with E-state index in [0.29, 0.717) is 17.2 Å². The fourth-order valence-corrected chi connectivity index (χ4v) is 7.25. The number of carbonyl (C=O) groups excluding carboxylic acids is 3. The van der Waals surface area contributed by atoms with Crippen molar-refractivity contribution in [3.05, 3.63) is 69.8 Å². The molecule has 0 aliphatic carbocycles. The summed E-state index contributed by atoms with van der Waals surface area (Å²) in [4.78, 5) is 39.2. The SMILES string of the molecule is CCOC(=O)Oc1c(C)cc([S+](c2cc(C)c(OC(=O)OCC)c(C)c2)c2cc(C)c(OC(=O)OCC)c(C)c2)cc1C. The predicted molar refractivity (Wildman–Crippen MR) is 163 cm³/mol. The minimum Gasteiger partial charge on any atom is -0.434 e. The van der Waals surface area contributed by atoms with Crippen molar-refractivity contribution < 1.29 is 42.8 Å². The summed E-state index contributed by atoms with van der Waals surface area (Å²) in [6, 6.07) is 12.0. The smallest absolute Gasteiger partial charge is 0.434 e. The van der Waals surface area contributed by atoms with E-state index in [2.05, 4.69) is 0 Å². The van der Waals surface area contributed by atoms with Gasteiger partial charge >= 0.3 is 18.5 Å². The molecule has 10 heteroatoms. The molecular weight excluding hydrogens is 572 g/mol. The van der Waals surface area contributed by atoms with Crippen LogP contribution in [0.15, 0.2) is 51.1 Å². The molecule has 3 rings (SSSR count). The standard InChI is InChI=1S/C33H39O9S/c1-10-37-31(34)40-28-19(4)13-25(14-20(28)5)43(26-15-21(6)29(22(7)16-26)41-32(35)38-11-2)27-17-23(8)30(24(9)18-27)42-33(36)39-12-3/h13-18H,10-12H2,1-9H3/q+1. The highest BCUT2D eigenvalue weighted by atomic mass is 32.2. The van der Waals surface area contributed by atoms with Crippen LogP contribution in [0.3, 0.4) is 0 Å². The molecule has 0 bridgehead atoms. The Hall–Kier alpha value is -4.18. The predicted octanol–water partition coefficient (Wildman–Crippen LogP) is 8.24. The molecule has 0 radical (unpaired) electrons. The lowest BCUT2D eigenvalue weighted by atomic mass is 10.1. The number of hydrogen-bond donors (Lipinski definition) is 0. The third-order valence-electron chi connectivity index (χ3n) is 6.35. The van der Waals surface area contributed by atoms with Gasteiger partial charge in [0.1, 0.15) is 17.2 Å². The molecule has 0 aliphatic heterocycles. The van der Waals surface area contributed by atoms with Crippen LogP contribution in [-0.2, 0) is 25.1 Å². The van der Waals surface area contributed by atoms with Crippen LogP contribution < -0.4 is 14.2 Å². The summed E-state index contributed by atoms with van der Waals surface area (Å²) in [5, 5.41) is 0. The van der Waals surface area contributed by atoms with Gasteiger partial charge in [0.15, 0.2) is 14.7 Å². The van der Waals surface area contributed by atoms with E-state index >= 15 is 0 Å². The highest BCUT2D eigenvalue weighted by Crippen LogP contribution is 2.40. The van der Waals surface area contributed by atoms with Gasteiger partial charge in [0, 0.05) is 36.4 Å². The van der Waals surface area contributed by atoms with Gasteiger partial charge in [-0.2, -0.15) is 0 Å². The first kappa shape index (κ1) is 33.3. The van der Waals surface area contributed by atoms with E-state index in [1.54, 1.807) is 20.8 Å². The fourth-order valence-electron chi connectivity index (χ4n) is 4.67. The lowest BCUT2D eigenvalue weighted by molar-refractivity contribution is 0.102. The zero-order valence-corrected chi connectivity index (χ0v) is 27.0. The largest absolute Gasteiger partial charge is 0.513 e.